The zero-order valence-electron chi connectivity index (χ0n) is 6.77. The molecule has 1 N–H and O–H groups in total. The van der Waals surface area contributed by atoms with Crippen molar-refractivity contribution in [3.8, 4) is 0 Å². The maximum absolute atomic E-state index is 10.2. The van der Waals surface area contributed by atoms with Gasteiger partial charge in [-0.1, -0.05) is 29.8 Å². The van der Waals surface area contributed by atoms with Gasteiger partial charge in [0.15, 0.2) is 0 Å². The summed E-state index contributed by atoms with van der Waals surface area (Å²) >= 11 is 5.57. The Morgan fingerprint density at radius 2 is 2.38 bits per heavy atom. The molecule has 1 aromatic heterocycles. The first-order valence-corrected chi connectivity index (χ1v) is 4.06. The molecule has 1 rings (SSSR count). The Hall–Kier alpha value is -1.35. The van der Waals surface area contributed by atoms with E-state index in [2.05, 4.69) is 4.98 Å². The molecule has 0 aliphatic carbocycles. The van der Waals surface area contributed by atoms with Crippen molar-refractivity contribution in [2.45, 2.75) is 6.42 Å². The van der Waals surface area contributed by atoms with Crippen LogP contribution in [0, 0.1) is 0 Å². The van der Waals surface area contributed by atoms with Crippen LogP contribution in [0.3, 0.4) is 0 Å². The average molecular weight is 198 g/mol. The molecule has 0 radical (unpaired) electrons. The Kier molecular flexibility index (Phi) is 3.46. The Bertz CT molecular complexity index is 319. The monoisotopic (exact) mass is 197 g/mol. The maximum atomic E-state index is 10.2. The minimum Gasteiger partial charge on any atom is -0.481 e. The molecule has 0 saturated carbocycles. The number of carboxylic acid groups (broad SMARTS) is 1. The number of hydrogen-bond acceptors (Lipinski definition) is 2. The summed E-state index contributed by atoms with van der Waals surface area (Å²) in [5.74, 6) is -0.849. The number of carbonyl (C=O) groups is 1. The van der Waals surface area contributed by atoms with Crippen molar-refractivity contribution in [1.29, 1.82) is 0 Å². The summed E-state index contributed by atoms with van der Waals surface area (Å²) in [7, 11) is 0. The van der Waals surface area contributed by atoms with Gasteiger partial charge in [0.05, 0.1) is 6.42 Å². The van der Waals surface area contributed by atoms with Crippen molar-refractivity contribution in [3.63, 3.8) is 0 Å². The van der Waals surface area contributed by atoms with Crippen LogP contribution in [0.1, 0.15) is 12.0 Å². The van der Waals surface area contributed by atoms with E-state index >= 15 is 0 Å². The van der Waals surface area contributed by atoms with Gasteiger partial charge in [-0.05, 0) is 11.6 Å². The number of rotatable bonds is 3. The van der Waals surface area contributed by atoms with Crippen LogP contribution in [0.25, 0.3) is 6.08 Å². The van der Waals surface area contributed by atoms with Crippen LogP contribution in [-0.2, 0) is 4.79 Å². The van der Waals surface area contributed by atoms with Gasteiger partial charge in [0, 0.05) is 6.20 Å². The van der Waals surface area contributed by atoms with Gasteiger partial charge in [-0.3, -0.25) is 4.79 Å². The normalized spacial score (nSPS) is 10.5. The van der Waals surface area contributed by atoms with Crippen LogP contribution in [-0.4, -0.2) is 16.1 Å². The van der Waals surface area contributed by atoms with E-state index in [0.717, 1.165) is 5.56 Å². The molecule has 1 heterocycles. The highest BCUT2D eigenvalue weighted by Crippen LogP contribution is 2.06. The fraction of sp³-hybridized carbons (Fsp3) is 0.111. The summed E-state index contributed by atoms with van der Waals surface area (Å²) in [6, 6.07) is 3.43. The van der Waals surface area contributed by atoms with Crippen LogP contribution in [0.4, 0.5) is 0 Å². The zero-order chi connectivity index (χ0) is 9.68. The van der Waals surface area contributed by atoms with E-state index in [0.29, 0.717) is 5.15 Å². The molecule has 1 aromatic rings. The summed E-state index contributed by atoms with van der Waals surface area (Å²) in [5.41, 5.74) is 0.839. The van der Waals surface area contributed by atoms with E-state index in [4.69, 9.17) is 16.7 Å². The van der Waals surface area contributed by atoms with Gasteiger partial charge >= 0.3 is 5.97 Å². The van der Waals surface area contributed by atoms with Gasteiger partial charge in [0.25, 0.3) is 0 Å². The third-order valence-electron chi connectivity index (χ3n) is 1.35. The van der Waals surface area contributed by atoms with Crippen LogP contribution >= 0.6 is 11.6 Å². The lowest BCUT2D eigenvalue weighted by Crippen LogP contribution is -1.89. The third kappa shape index (κ3) is 3.71. The average Bonchev–Trinajstić information content (AvgIpc) is 2.08. The summed E-state index contributed by atoms with van der Waals surface area (Å²) in [6.45, 7) is 0. The number of pyridine rings is 1. The highest BCUT2D eigenvalue weighted by atomic mass is 35.5. The largest absolute Gasteiger partial charge is 0.481 e. The Morgan fingerprint density at radius 3 is 2.92 bits per heavy atom. The first kappa shape index (κ1) is 9.74. The Balaban J connectivity index is 2.59. The van der Waals surface area contributed by atoms with Crippen molar-refractivity contribution in [1.82, 2.24) is 4.98 Å². The predicted molar refractivity (Wildman–Crippen MR) is 50.5 cm³/mol. The summed E-state index contributed by atoms with van der Waals surface area (Å²) in [4.78, 5) is 14.0. The second-order valence-corrected chi connectivity index (χ2v) is 2.80. The molecular formula is C9H8ClNO2. The minimum atomic E-state index is -0.849. The molecule has 0 atom stereocenters. The smallest absolute Gasteiger partial charge is 0.307 e. The van der Waals surface area contributed by atoms with E-state index in [9.17, 15) is 4.79 Å². The van der Waals surface area contributed by atoms with E-state index < -0.39 is 5.97 Å². The quantitative estimate of drug-likeness (QED) is 0.756. The van der Waals surface area contributed by atoms with E-state index in [1.807, 2.05) is 0 Å². The van der Waals surface area contributed by atoms with Gasteiger partial charge in [0.1, 0.15) is 5.15 Å². The maximum Gasteiger partial charge on any atom is 0.307 e. The lowest BCUT2D eigenvalue weighted by atomic mass is 10.2. The zero-order valence-corrected chi connectivity index (χ0v) is 7.53. The number of aromatic nitrogens is 1. The summed E-state index contributed by atoms with van der Waals surface area (Å²) < 4.78 is 0. The summed E-state index contributed by atoms with van der Waals surface area (Å²) in [5, 5.41) is 8.77. The molecule has 0 spiro atoms. The lowest BCUT2D eigenvalue weighted by Gasteiger charge is -1.91. The highest BCUT2D eigenvalue weighted by Gasteiger charge is 1.91. The van der Waals surface area contributed by atoms with Gasteiger partial charge in [-0.25, -0.2) is 4.98 Å². The van der Waals surface area contributed by atoms with Crippen molar-refractivity contribution in [2.75, 3.05) is 0 Å². The van der Waals surface area contributed by atoms with Gasteiger partial charge in [-0.15, -0.1) is 0 Å². The highest BCUT2D eigenvalue weighted by molar-refractivity contribution is 6.29. The van der Waals surface area contributed by atoms with Crippen LogP contribution in [0.2, 0.25) is 5.15 Å². The van der Waals surface area contributed by atoms with Crippen LogP contribution < -0.4 is 0 Å². The number of hydrogen-bond donors (Lipinski definition) is 1. The second kappa shape index (κ2) is 4.62. The van der Waals surface area contributed by atoms with Gasteiger partial charge in [0.2, 0.25) is 0 Å². The van der Waals surface area contributed by atoms with Crippen molar-refractivity contribution >= 4 is 23.6 Å². The number of aliphatic carboxylic acids is 1. The number of nitrogens with zero attached hydrogens (tertiary/aromatic N) is 1. The fourth-order valence-corrected chi connectivity index (χ4v) is 0.893. The predicted octanol–water partition coefficient (Wildman–Crippen LogP) is 2.22. The molecular weight excluding hydrogens is 190 g/mol. The molecule has 0 aliphatic rings. The van der Waals surface area contributed by atoms with Crippen LogP contribution in [0.15, 0.2) is 24.4 Å². The molecule has 68 valence electrons. The van der Waals surface area contributed by atoms with Crippen molar-refractivity contribution in [3.05, 3.63) is 35.1 Å². The van der Waals surface area contributed by atoms with E-state index in [1.54, 1.807) is 30.5 Å². The minimum absolute atomic E-state index is 0.0165. The second-order valence-electron chi connectivity index (χ2n) is 2.41. The lowest BCUT2D eigenvalue weighted by molar-refractivity contribution is -0.135. The number of carboxylic acids is 1. The summed E-state index contributed by atoms with van der Waals surface area (Å²) in [6.07, 6.45) is 4.86. The van der Waals surface area contributed by atoms with E-state index in [-0.39, 0.29) is 6.42 Å². The molecule has 0 unspecified atom stereocenters. The Morgan fingerprint density at radius 1 is 1.62 bits per heavy atom. The molecule has 13 heavy (non-hydrogen) atoms. The molecule has 0 fully saturated rings. The van der Waals surface area contributed by atoms with E-state index in [1.165, 1.54) is 0 Å². The molecule has 0 aromatic carbocycles. The molecule has 3 nitrogen and oxygen atoms in total. The third-order valence-corrected chi connectivity index (χ3v) is 1.58. The first-order valence-electron chi connectivity index (χ1n) is 3.68. The molecule has 0 bridgehead atoms. The molecule has 0 amide bonds. The van der Waals surface area contributed by atoms with Crippen LogP contribution in [0.5, 0.6) is 0 Å². The SMILES string of the molecule is O=C(O)CC=Cc1ccc(Cl)nc1. The Labute approximate surface area is 80.7 Å². The van der Waals surface area contributed by atoms with Gasteiger partial charge in [-0.2, -0.15) is 0 Å². The van der Waals surface area contributed by atoms with Crippen molar-refractivity contribution < 1.29 is 9.90 Å². The molecule has 0 saturated heterocycles. The molecule has 4 heteroatoms. The number of halogens is 1. The van der Waals surface area contributed by atoms with Crippen molar-refractivity contribution in [2.24, 2.45) is 0 Å². The standard InChI is InChI=1S/C9H8ClNO2/c10-8-5-4-7(6-11-8)2-1-3-9(12)13/h1-2,4-6H,3H2,(H,12,13). The fourth-order valence-electron chi connectivity index (χ4n) is 0.782. The molecule has 0 aliphatic heterocycles. The first-order chi connectivity index (χ1) is 6.18. The van der Waals surface area contributed by atoms with Gasteiger partial charge < -0.3 is 5.11 Å². The topological polar surface area (TPSA) is 50.2 Å².